The van der Waals surface area contributed by atoms with E-state index in [4.69, 9.17) is 10.7 Å². The summed E-state index contributed by atoms with van der Waals surface area (Å²) in [5.74, 6) is -1.23. The highest BCUT2D eigenvalue weighted by molar-refractivity contribution is 8.13. The molecule has 0 unspecified atom stereocenters. The van der Waals surface area contributed by atoms with Gasteiger partial charge in [0.25, 0.3) is 9.05 Å². The van der Waals surface area contributed by atoms with Gasteiger partial charge < -0.3 is 0 Å². The average Bonchev–Trinajstić information content (AvgIpc) is 2.29. The molecule has 0 bridgehead atoms. The first-order valence-corrected chi connectivity index (χ1v) is 7.19. The van der Waals surface area contributed by atoms with Crippen molar-refractivity contribution in [3.05, 3.63) is 54.1 Å². The molecule has 2 aromatic rings. The van der Waals surface area contributed by atoms with E-state index in [-0.39, 0.29) is 16.0 Å². The van der Waals surface area contributed by atoms with E-state index in [0.29, 0.717) is 0 Å². The van der Waals surface area contributed by atoms with E-state index < -0.39 is 20.7 Å². The van der Waals surface area contributed by atoms with E-state index in [1.54, 1.807) is 0 Å². The molecule has 0 amide bonds. The molecule has 94 valence electrons. The molecule has 2 aromatic carbocycles. The lowest BCUT2D eigenvalue weighted by Gasteiger charge is -2.08. The maximum atomic E-state index is 13.7. The van der Waals surface area contributed by atoms with E-state index in [1.165, 1.54) is 24.3 Å². The average molecular weight is 289 g/mol. The molecule has 2 nitrogen and oxygen atoms in total. The van der Waals surface area contributed by atoms with E-state index in [2.05, 4.69) is 0 Å². The number of benzene rings is 2. The van der Waals surface area contributed by atoms with Crippen LogP contribution in [0.3, 0.4) is 0 Å². The van der Waals surface area contributed by atoms with E-state index >= 15 is 0 Å². The Labute approximate surface area is 107 Å². The van der Waals surface area contributed by atoms with Crippen molar-refractivity contribution in [1.29, 1.82) is 0 Å². The van der Waals surface area contributed by atoms with Crippen LogP contribution in [-0.4, -0.2) is 8.42 Å². The first kappa shape index (κ1) is 13.0. The first-order valence-electron chi connectivity index (χ1n) is 4.89. The van der Waals surface area contributed by atoms with Gasteiger partial charge in [-0.05, 0) is 29.8 Å². The zero-order chi connectivity index (χ0) is 13.3. The van der Waals surface area contributed by atoms with Crippen LogP contribution in [0, 0.1) is 11.6 Å². The molecular formula is C12H7ClF2O2S. The summed E-state index contributed by atoms with van der Waals surface area (Å²) in [6, 6.07) is 8.38. The fourth-order valence-electron chi connectivity index (χ4n) is 1.60. The molecule has 2 rings (SSSR count). The van der Waals surface area contributed by atoms with Crippen molar-refractivity contribution in [1.82, 2.24) is 0 Å². The normalized spacial score (nSPS) is 11.5. The smallest absolute Gasteiger partial charge is 0.207 e. The lowest BCUT2D eigenvalue weighted by atomic mass is 10.1. The van der Waals surface area contributed by atoms with Crippen molar-refractivity contribution < 1.29 is 17.2 Å². The van der Waals surface area contributed by atoms with Crippen molar-refractivity contribution >= 4 is 19.7 Å². The Morgan fingerprint density at radius 2 is 1.56 bits per heavy atom. The summed E-state index contributed by atoms with van der Waals surface area (Å²) in [7, 11) is 1.17. The summed E-state index contributed by atoms with van der Waals surface area (Å²) in [5.41, 5.74) is 0.0845. The highest BCUT2D eigenvalue weighted by Crippen LogP contribution is 2.31. The predicted octanol–water partition coefficient (Wildman–Crippen LogP) is 3.56. The molecule has 0 N–H and O–H groups in total. The Kier molecular flexibility index (Phi) is 3.36. The Morgan fingerprint density at radius 3 is 2.11 bits per heavy atom. The maximum absolute atomic E-state index is 13.7. The van der Waals surface area contributed by atoms with Crippen LogP contribution in [0.2, 0.25) is 0 Å². The molecule has 0 aromatic heterocycles. The third-order valence-electron chi connectivity index (χ3n) is 2.37. The van der Waals surface area contributed by atoms with Gasteiger partial charge in [0.05, 0.1) is 4.90 Å². The summed E-state index contributed by atoms with van der Waals surface area (Å²) in [6.07, 6.45) is 0. The second-order valence-electron chi connectivity index (χ2n) is 3.56. The summed E-state index contributed by atoms with van der Waals surface area (Å²) in [4.78, 5) is -0.337. The van der Waals surface area contributed by atoms with Crippen LogP contribution in [0.15, 0.2) is 47.4 Å². The lowest BCUT2D eigenvalue weighted by molar-refractivity contribution is 0.604. The van der Waals surface area contributed by atoms with Crippen LogP contribution in [-0.2, 0) is 9.05 Å². The lowest BCUT2D eigenvalue weighted by Crippen LogP contribution is -1.97. The fraction of sp³-hybridized carbons (Fsp3) is 0. The fourth-order valence-corrected chi connectivity index (χ4v) is 2.69. The van der Waals surface area contributed by atoms with Gasteiger partial charge in [0.1, 0.15) is 11.6 Å². The molecule has 0 aliphatic heterocycles. The molecule has 0 radical (unpaired) electrons. The van der Waals surface area contributed by atoms with Crippen LogP contribution in [0.5, 0.6) is 0 Å². The van der Waals surface area contributed by atoms with Gasteiger partial charge in [0, 0.05) is 16.2 Å². The van der Waals surface area contributed by atoms with Crippen molar-refractivity contribution in [2.24, 2.45) is 0 Å². The van der Waals surface area contributed by atoms with Gasteiger partial charge in [-0.1, -0.05) is 18.2 Å². The topological polar surface area (TPSA) is 34.1 Å². The molecule has 0 fully saturated rings. The predicted molar refractivity (Wildman–Crippen MR) is 64.8 cm³/mol. The van der Waals surface area contributed by atoms with Gasteiger partial charge >= 0.3 is 0 Å². The van der Waals surface area contributed by atoms with Crippen molar-refractivity contribution in [3.63, 3.8) is 0 Å². The minimum atomic E-state index is -4.08. The minimum Gasteiger partial charge on any atom is -0.207 e. The molecular weight excluding hydrogens is 282 g/mol. The third kappa shape index (κ3) is 2.52. The third-order valence-corrected chi connectivity index (χ3v) is 3.74. The zero-order valence-electron chi connectivity index (χ0n) is 8.90. The summed E-state index contributed by atoms with van der Waals surface area (Å²) < 4.78 is 49.3. The number of rotatable bonds is 2. The first-order chi connectivity index (χ1) is 8.39. The van der Waals surface area contributed by atoms with Crippen LogP contribution in [0.1, 0.15) is 0 Å². The molecule has 0 saturated heterocycles. The van der Waals surface area contributed by atoms with E-state index in [9.17, 15) is 17.2 Å². The molecule has 0 spiro atoms. The van der Waals surface area contributed by atoms with Gasteiger partial charge in [0.2, 0.25) is 0 Å². The number of hydrogen-bond acceptors (Lipinski definition) is 2. The van der Waals surface area contributed by atoms with Gasteiger partial charge in [-0.25, -0.2) is 17.2 Å². The number of hydrogen-bond donors (Lipinski definition) is 0. The molecule has 18 heavy (non-hydrogen) atoms. The summed E-state index contributed by atoms with van der Waals surface area (Å²) in [6.45, 7) is 0. The van der Waals surface area contributed by atoms with Gasteiger partial charge in [-0.2, -0.15) is 0 Å². The minimum absolute atomic E-state index is 0.160. The van der Waals surface area contributed by atoms with Gasteiger partial charge in [0.15, 0.2) is 0 Å². The van der Waals surface area contributed by atoms with Crippen LogP contribution in [0.25, 0.3) is 11.1 Å². The van der Waals surface area contributed by atoms with Crippen LogP contribution >= 0.6 is 10.7 Å². The van der Waals surface area contributed by atoms with E-state index in [0.717, 1.165) is 18.2 Å². The Bertz CT molecular complexity index is 682. The largest absolute Gasteiger partial charge is 0.262 e. The second kappa shape index (κ2) is 4.66. The molecule has 0 heterocycles. The van der Waals surface area contributed by atoms with Crippen molar-refractivity contribution in [3.8, 4) is 11.1 Å². The summed E-state index contributed by atoms with van der Waals surface area (Å²) >= 11 is 0. The SMILES string of the molecule is O=S(=O)(Cl)c1cccc(F)c1-c1ccc(F)cc1. The monoisotopic (exact) mass is 288 g/mol. The molecule has 0 saturated carbocycles. The second-order valence-corrected chi connectivity index (χ2v) is 6.09. The van der Waals surface area contributed by atoms with Crippen molar-refractivity contribution in [2.45, 2.75) is 4.90 Å². The highest BCUT2D eigenvalue weighted by Gasteiger charge is 2.19. The van der Waals surface area contributed by atoms with Crippen LogP contribution in [0.4, 0.5) is 8.78 Å². The highest BCUT2D eigenvalue weighted by atomic mass is 35.7. The van der Waals surface area contributed by atoms with Crippen molar-refractivity contribution in [2.75, 3.05) is 0 Å². The quantitative estimate of drug-likeness (QED) is 0.792. The van der Waals surface area contributed by atoms with E-state index in [1.807, 2.05) is 0 Å². The standard InChI is InChI=1S/C12H7ClF2O2S/c13-18(16,17)11-3-1-2-10(15)12(11)8-4-6-9(14)7-5-8/h1-7H. The Morgan fingerprint density at radius 1 is 0.944 bits per heavy atom. The maximum Gasteiger partial charge on any atom is 0.262 e. The molecule has 0 aliphatic rings. The molecule has 0 aliphatic carbocycles. The zero-order valence-corrected chi connectivity index (χ0v) is 10.5. The Hall–Kier alpha value is -1.46. The molecule has 6 heteroatoms. The Balaban J connectivity index is 2.74. The molecule has 0 atom stereocenters. The number of halogens is 3. The van der Waals surface area contributed by atoms with Gasteiger partial charge in [-0.15, -0.1) is 0 Å². The van der Waals surface area contributed by atoms with Gasteiger partial charge in [-0.3, -0.25) is 0 Å². The summed E-state index contributed by atoms with van der Waals surface area (Å²) in [5, 5.41) is 0. The van der Waals surface area contributed by atoms with Crippen LogP contribution < -0.4 is 0 Å².